The lowest BCUT2D eigenvalue weighted by molar-refractivity contribution is -0.116. The van der Waals surface area contributed by atoms with Crippen LogP contribution in [-0.4, -0.2) is 30.7 Å². The van der Waals surface area contributed by atoms with Crippen LogP contribution < -0.4 is 10.6 Å². The summed E-state index contributed by atoms with van der Waals surface area (Å²) in [7, 11) is 0. The predicted molar refractivity (Wildman–Crippen MR) is 65.5 cm³/mol. The first-order valence-corrected chi connectivity index (χ1v) is 5.93. The summed E-state index contributed by atoms with van der Waals surface area (Å²) in [5.41, 5.74) is 1.88. The van der Waals surface area contributed by atoms with Gasteiger partial charge in [0.25, 0.3) is 0 Å². The highest BCUT2D eigenvalue weighted by Gasteiger charge is 2.29. The first-order valence-electron chi connectivity index (χ1n) is 5.14. The molecular formula is C11H13BrN2O2. The van der Waals surface area contributed by atoms with E-state index in [9.17, 15) is 4.79 Å². The molecule has 4 nitrogen and oxygen atoms in total. The summed E-state index contributed by atoms with van der Waals surface area (Å²) in [6.07, 6.45) is 0. The molecule has 0 aliphatic carbocycles. The molecule has 0 fully saturated rings. The number of halogens is 1. The van der Waals surface area contributed by atoms with E-state index < -0.39 is 0 Å². The van der Waals surface area contributed by atoms with Gasteiger partial charge in [0.1, 0.15) is 0 Å². The predicted octanol–water partition coefficient (Wildman–Crippen LogP) is 1.07. The van der Waals surface area contributed by atoms with E-state index in [0.717, 1.165) is 15.7 Å². The van der Waals surface area contributed by atoms with Crippen LogP contribution in [0.15, 0.2) is 22.7 Å². The Morgan fingerprint density at radius 2 is 2.31 bits per heavy atom. The molecule has 0 saturated heterocycles. The van der Waals surface area contributed by atoms with Crippen molar-refractivity contribution in [2.45, 2.75) is 5.92 Å². The molecule has 5 heteroatoms. The fourth-order valence-electron chi connectivity index (χ4n) is 1.83. The van der Waals surface area contributed by atoms with Crippen LogP contribution in [0, 0.1) is 0 Å². The monoisotopic (exact) mass is 284 g/mol. The van der Waals surface area contributed by atoms with Gasteiger partial charge in [-0.15, -0.1) is 0 Å². The molecule has 0 bridgehead atoms. The maximum Gasteiger partial charge on any atom is 0.233 e. The van der Waals surface area contributed by atoms with Gasteiger partial charge in [0.2, 0.25) is 5.91 Å². The fourth-order valence-corrected chi connectivity index (χ4v) is 2.19. The number of aliphatic hydroxyl groups excluding tert-OH is 1. The minimum Gasteiger partial charge on any atom is -0.395 e. The Bertz CT molecular complexity index is 409. The van der Waals surface area contributed by atoms with Crippen LogP contribution in [0.2, 0.25) is 0 Å². The number of aliphatic hydroxyl groups is 1. The number of amides is 1. The summed E-state index contributed by atoms with van der Waals surface area (Å²) < 4.78 is 0.954. The Balaban J connectivity index is 2.13. The minimum atomic E-state index is -0.158. The highest BCUT2D eigenvalue weighted by Crippen LogP contribution is 2.33. The molecule has 16 heavy (non-hydrogen) atoms. The summed E-state index contributed by atoms with van der Waals surface area (Å²) in [5.74, 6) is -0.145. The van der Waals surface area contributed by atoms with E-state index in [-0.39, 0.29) is 18.4 Å². The van der Waals surface area contributed by atoms with Gasteiger partial charge in [-0.1, -0.05) is 22.0 Å². The van der Waals surface area contributed by atoms with E-state index in [1.807, 2.05) is 18.2 Å². The number of hydrogen-bond donors (Lipinski definition) is 3. The van der Waals surface area contributed by atoms with E-state index in [1.165, 1.54) is 0 Å². The first kappa shape index (κ1) is 11.6. The normalized spacial score (nSPS) is 18.4. The molecule has 86 valence electrons. The van der Waals surface area contributed by atoms with Crippen molar-refractivity contribution in [3.05, 3.63) is 28.2 Å². The summed E-state index contributed by atoms with van der Waals surface area (Å²) in [6, 6.07) is 5.78. The minimum absolute atomic E-state index is 0.0125. The molecule has 1 unspecified atom stereocenters. The van der Waals surface area contributed by atoms with Crippen molar-refractivity contribution in [3.8, 4) is 0 Å². The molecule has 1 aromatic carbocycles. The Morgan fingerprint density at radius 1 is 1.50 bits per heavy atom. The summed E-state index contributed by atoms with van der Waals surface area (Å²) in [4.78, 5) is 11.7. The average molecular weight is 285 g/mol. The molecule has 1 amide bonds. The van der Waals surface area contributed by atoms with E-state index in [2.05, 4.69) is 26.6 Å². The zero-order valence-corrected chi connectivity index (χ0v) is 10.3. The van der Waals surface area contributed by atoms with E-state index in [0.29, 0.717) is 13.1 Å². The third-order valence-electron chi connectivity index (χ3n) is 2.60. The van der Waals surface area contributed by atoms with Crippen molar-refractivity contribution in [3.63, 3.8) is 0 Å². The number of carbonyl (C=O) groups excluding carboxylic acids is 1. The second kappa shape index (κ2) is 4.95. The molecule has 2 rings (SSSR count). The molecule has 0 spiro atoms. The Morgan fingerprint density at radius 3 is 3.06 bits per heavy atom. The summed E-state index contributed by atoms with van der Waals surface area (Å²) in [6.45, 7) is 1.15. The molecule has 0 saturated carbocycles. The van der Waals surface area contributed by atoms with Gasteiger partial charge in [-0.2, -0.15) is 0 Å². The van der Waals surface area contributed by atoms with Crippen LogP contribution in [0.4, 0.5) is 5.69 Å². The van der Waals surface area contributed by atoms with E-state index in [1.54, 1.807) is 0 Å². The lowest BCUT2D eigenvalue weighted by Crippen LogP contribution is -2.28. The highest BCUT2D eigenvalue weighted by molar-refractivity contribution is 9.10. The molecule has 0 radical (unpaired) electrons. The van der Waals surface area contributed by atoms with Crippen molar-refractivity contribution >= 4 is 27.5 Å². The van der Waals surface area contributed by atoms with Crippen LogP contribution in [0.3, 0.4) is 0 Å². The third kappa shape index (κ3) is 2.26. The molecule has 1 aliphatic rings. The fraction of sp³-hybridized carbons (Fsp3) is 0.364. The van der Waals surface area contributed by atoms with Crippen LogP contribution in [0.5, 0.6) is 0 Å². The van der Waals surface area contributed by atoms with Gasteiger partial charge in [-0.05, 0) is 17.7 Å². The van der Waals surface area contributed by atoms with Crippen molar-refractivity contribution in [2.24, 2.45) is 0 Å². The topological polar surface area (TPSA) is 61.4 Å². The molecule has 0 aromatic heterocycles. The largest absolute Gasteiger partial charge is 0.395 e. The Kier molecular flexibility index (Phi) is 3.58. The van der Waals surface area contributed by atoms with Crippen molar-refractivity contribution in [1.29, 1.82) is 0 Å². The lowest BCUT2D eigenvalue weighted by atomic mass is 10.0. The quantitative estimate of drug-likeness (QED) is 0.725. The van der Waals surface area contributed by atoms with Gasteiger partial charge in [0, 0.05) is 23.2 Å². The maximum absolute atomic E-state index is 11.7. The third-order valence-corrected chi connectivity index (χ3v) is 3.10. The summed E-state index contributed by atoms with van der Waals surface area (Å²) in [5, 5.41) is 14.6. The zero-order chi connectivity index (χ0) is 11.5. The molecule has 3 N–H and O–H groups in total. The van der Waals surface area contributed by atoms with Gasteiger partial charge >= 0.3 is 0 Å². The number of fused-ring (bicyclic) bond motifs is 1. The number of benzene rings is 1. The van der Waals surface area contributed by atoms with Crippen molar-refractivity contribution in [2.75, 3.05) is 25.0 Å². The molecular weight excluding hydrogens is 272 g/mol. The molecule has 1 aliphatic heterocycles. The number of rotatable bonds is 4. The van der Waals surface area contributed by atoms with Crippen LogP contribution in [-0.2, 0) is 4.79 Å². The number of hydrogen-bond acceptors (Lipinski definition) is 3. The number of carbonyl (C=O) groups is 1. The van der Waals surface area contributed by atoms with Gasteiger partial charge < -0.3 is 15.7 Å². The van der Waals surface area contributed by atoms with E-state index in [4.69, 9.17) is 5.11 Å². The second-order valence-electron chi connectivity index (χ2n) is 3.70. The van der Waals surface area contributed by atoms with E-state index >= 15 is 0 Å². The van der Waals surface area contributed by atoms with Gasteiger partial charge in [0.15, 0.2) is 0 Å². The molecule has 1 heterocycles. The first-order chi connectivity index (χ1) is 7.72. The van der Waals surface area contributed by atoms with Gasteiger partial charge in [0.05, 0.1) is 12.5 Å². The SMILES string of the molecule is O=C1Nc2cc(Br)ccc2C1CNCCO. The lowest BCUT2D eigenvalue weighted by Gasteiger charge is -2.09. The zero-order valence-electron chi connectivity index (χ0n) is 8.66. The van der Waals surface area contributed by atoms with Gasteiger partial charge in [-0.3, -0.25) is 4.79 Å². The molecule has 1 aromatic rings. The van der Waals surface area contributed by atoms with Crippen LogP contribution in [0.25, 0.3) is 0 Å². The highest BCUT2D eigenvalue weighted by atomic mass is 79.9. The van der Waals surface area contributed by atoms with Crippen LogP contribution >= 0.6 is 15.9 Å². The number of anilines is 1. The van der Waals surface area contributed by atoms with Crippen molar-refractivity contribution < 1.29 is 9.90 Å². The Labute approximate surface area is 102 Å². The standard InChI is InChI=1S/C11H13BrN2O2/c12-7-1-2-8-9(6-13-3-4-15)11(16)14-10(8)5-7/h1-2,5,9,13,15H,3-4,6H2,(H,14,16). The maximum atomic E-state index is 11.7. The average Bonchev–Trinajstić information content (AvgIpc) is 2.55. The number of nitrogens with one attached hydrogen (secondary N) is 2. The van der Waals surface area contributed by atoms with Crippen LogP contribution in [0.1, 0.15) is 11.5 Å². The van der Waals surface area contributed by atoms with Crippen molar-refractivity contribution in [1.82, 2.24) is 5.32 Å². The Hall–Kier alpha value is -0.910. The molecule has 1 atom stereocenters. The summed E-state index contributed by atoms with van der Waals surface area (Å²) >= 11 is 3.37. The smallest absolute Gasteiger partial charge is 0.233 e. The second-order valence-corrected chi connectivity index (χ2v) is 4.62. The van der Waals surface area contributed by atoms with Gasteiger partial charge in [-0.25, -0.2) is 0 Å².